The van der Waals surface area contributed by atoms with Crippen LogP contribution in [0, 0.1) is 11.8 Å². The Balaban J connectivity index is 1.43. The first-order chi connectivity index (χ1) is 12.0. The van der Waals surface area contributed by atoms with E-state index in [0.29, 0.717) is 23.0 Å². The zero-order valence-corrected chi connectivity index (χ0v) is 14.1. The van der Waals surface area contributed by atoms with Gasteiger partial charge in [-0.15, -0.1) is 0 Å². The van der Waals surface area contributed by atoms with E-state index in [1.165, 1.54) is 6.42 Å². The van der Waals surface area contributed by atoms with Crippen molar-refractivity contribution in [3.8, 4) is 0 Å². The molecule has 0 saturated heterocycles. The summed E-state index contributed by atoms with van der Waals surface area (Å²) in [5, 5.41) is 3.10. The summed E-state index contributed by atoms with van der Waals surface area (Å²) in [7, 11) is 0. The predicted molar refractivity (Wildman–Crippen MR) is 91.8 cm³/mol. The van der Waals surface area contributed by atoms with E-state index in [9.17, 15) is 14.4 Å². The van der Waals surface area contributed by atoms with Crippen LogP contribution in [0.2, 0.25) is 0 Å². The van der Waals surface area contributed by atoms with Crippen LogP contribution >= 0.6 is 0 Å². The molecule has 0 spiro atoms. The van der Waals surface area contributed by atoms with Gasteiger partial charge in [0, 0.05) is 12.1 Å². The Labute approximate surface area is 146 Å². The lowest BCUT2D eigenvalue weighted by Crippen LogP contribution is -2.55. The van der Waals surface area contributed by atoms with Crippen molar-refractivity contribution >= 4 is 17.7 Å². The van der Waals surface area contributed by atoms with Crippen molar-refractivity contribution in [2.75, 3.05) is 6.54 Å². The minimum atomic E-state index is -0.387. The van der Waals surface area contributed by atoms with Gasteiger partial charge in [-0.2, -0.15) is 0 Å². The topological polar surface area (TPSA) is 92.5 Å². The molecule has 4 rings (SSSR count). The highest BCUT2D eigenvalue weighted by molar-refractivity contribution is 6.22. The lowest BCUT2D eigenvalue weighted by Gasteiger charge is -2.45. The molecule has 0 radical (unpaired) electrons. The second-order valence-electron chi connectivity index (χ2n) is 7.52. The van der Waals surface area contributed by atoms with Crippen molar-refractivity contribution in [3.05, 3.63) is 35.4 Å². The molecule has 1 aliphatic heterocycles. The highest BCUT2D eigenvalue weighted by Gasteiger charge is 2.41. The Hall–Kier alpha value is -2.21. The van der Waals surface area contributed by atoms with Crippen LogP contribution in [0.4, 0.5) is 0 Å². The lowest BCUT2D eigenvalue weighted by atomic mass is 9.67. The van der Waals surface area contributed by atoms with Gasteiger partial charge < -0.3 is 11.1 Å². The molecular weight excluding hydrogens is 318 g/mol. The fraction of sp³-hybridized carbons (Fsp3) is 0.526. The Morgan fingerprint density at radius 1 is 1.08 bits per heavy atom. The quantitative estimate of drug-likeness (QED) is 0.811. The van der Waals surface area contributed by atoms with Crippen molar-refractivity contribution in [3.63, 3.8) is 0 Å². The molecule has 2 unspecified atom stereocenters. The number of benzene rings is 1. The second kappa shape index (κ2) is 6.26. The number of hydrogen-bond acceptors (Lipinski definition) is 4. The van der Waals surface area contributed by atoms with Gasteiger partial charge in [0.25, 0.3) is 11.8 Å². The normalized spacial score (nSPS) is 31.0. The van der Waals surface area contributed by atoms with Crippen LogP contribution in [0.5, 0.6) is 0 Å². The Morgan fingerprint density at radius 3 is 2.20 bits per heavy atom. The first-order valence-electron chi connectivity index (χ1n) is 9.04. The van der Waals surface area contributed by atoms with E-state index in [0.717, 1.165) is 30.6 Å². The number of amides is 3. The summed E-state index contributed by atoms with van der Waals surface area (Å²) in [4.78, 5) is 38.3. The van der Waals surface area contributed by atoms with Crippen LogP contribution in [-0.4, -0.2) is 41.2 Å². The van der Waals surface area contributed by atoms with E-state index >= 15 is 0 Å². The van der Waals surface area contributed by atoms with Gasteiger partial charge in [0.15, 0.2) is 0 Å². The summed E-state index contributed by atoms with van der Waals surface area (Å²) in [6.45, 7) is -0.214. The summed E-state index contributed by atoms with van der Waals surface area (Å²) < 4.78 is 0. The minimum absolute atomic E-state index is 0.122. The third-order valence-corrected chi connectivity index (χ3v) is 5.88. The Morgan fingerprint density at radius 2 is 1.64 bits per heavy atom. The number of nitrogens with two attached hydrogens (primary N) is 1. The van der Waals surface area contributed by atoms with Gasteiger partial charge in [-0.05, 0) is 49.7 Å². The van der Waals surface area contributed by atoms with E-state index in [4.69, 9.17) is 5.73 Å². The maximum Gasteiger partial charge on any atom is 0.262 e. The molecule has 25 heavy (non-hydrogen) atoms. The lowest BCUT2D eigenvalue weighted by molar-refractivity contribution is -0.123. The third kappa shape index (κ3) is 2.84. The van der Waals surface area contributed by atoms with E-state index in [-0.39, 0.29) is 36.3 Å². The van der Waals surface area contributed by atoms with Gasteiger partial charge in [0.05, 0.1) is 11.1 Å². The number of carbonyl (C=O) groups is 3. The molecule has 0 aromatic heterocycles. The molecule has 2 atom stereocenters. The molecule has 1 aromatic carbocycles. The van der Waals surface area contributed by atoms with E-state index in [2.05, 4.69) is 5.32 Å². The standard InChI is InChI=1S/C19H23N3O3/c20-13-8-11-4-3-5-12(9-13)17(11)21-16(23)10-22-18(24)14-6-1-2-7-15(14)19(22)25/h1-2,6-7,11-13,17H,3-5,8-10,20H2,(H,21,23). The van der Waals surface area contributed by atoms with Gasteiger partial charge >= 0.3 is 0 Å². The molecule has 132 valence electrons. The minimum Gasteiger partial charge on any atom is -0.351 e. The summed E-state index contributed by atoms with van der Waals surface area (Å²) in [5.74, 6) is -0.211. The fourth-order valence-electron chi connectivity index (χ4n) is 4.78. The number of hydrogen-bond donors (Lipinski definition) is 2. The van der Waals surface area contributed by atoms with Crippen LogP contribution in [0.3, 0.4) is 0 Å². The van der Waals surface area contributed by atoms with Crippen LogP contribution < -0.4 is 11.1 Å². The van der Waals surface area contributed by atoms with Gasteiger partial charge in [0.1, 0.15) is 6.54 Å². The molecule has 2 bridgehead atoms. The van der Waals surface area contributed by atoms with Crippen molar-refractivity contribution in [1.82, 2.24) is 10.2 Å². The molecule has 3 amide bonds. The zero-order chi connectivity index (χ0) is 17.6. The van der Waals surface area contributed by atoms with E-state index in [1.54, 1.807) is 24.3 Å². The van der Waals surface area contributed by atoms with Crippen LogP contribution in [-0.2, 0) is 4.79 Å². The molecule has 1 heterocycles. The van der Waals surface area contributed by atoms with Crippen molar-refractivity contribution in [2.45, 2.75) is 44.2 Å². The third-order valence-electron chi connectivity index (χ3n) is 5.88. The molecule has 3 N–H and O–H groups in total. The summed E-state index contributed by atoms with van der Waals surface area (Å²) in [6.07, 6.45) is 5.24. The average molecular weight is 341 g/mol. The van der Waals surface area contributed by atoms with Gasteiger partial charge in [-0.1, -0.05) is 18.6 Å². The maximum absolute atomic E-state index is 12.5. The van der Waals surface area contributed by atoms with Crippen LogP contribution in [0.1, 0.15) is 52.8 Å². The van der Waals surface area contributed by atoms with Gasteiger partial charge in [0.2, 0.25) is 5.91 Å². The van der Waals surface area contributed by atoms with Gasteiger partial charge in [-0.25, -0.2) is 0 Å². The SMILES string of the molecule is NC1CC2CCCC(C1)C2NC(=O)CN1C(=O)c2ccccc2C1=O. The number of nitrogens with zero attached hydrogens (tertiary/aromatic N) is 1. The number of carbonyl (C=O) groups excluding carboxylic acids is 3. The molecule has 6 heteroatoms. The highest BCUT2D eigenvalue weighted by atomic mass is 16.2. The monoisotopic (exact) mass is 341 g/mol. The first-order valence-corrected chi connectivity index (χ1v) is 9.04. The Bertz CT molecular complexity index is 683. The maximum atomic E-state index is 12.5. The first kappa shape index (κ1) is 16.3. The number of rotatable bonds is 3. The molecule has 6 nitrogen and oxygen atoms in total. The molecule has 2 aliphatic carbocycles. The average Bonchev–Trinajstić information content (AvgIpc) is 2.81. The van der Waals surface area contributed by atoms with E-state index < -0.39 is 0 Å². The number of fused-ring (bicyclic) bond motifs is 3. The van der Waals surface area contributed by atoms with Crippen LogP contribution in [0.15, 0.2) is 24.3 Å². The molecule has 1 aromatic rings. The highest BCUT2D eigenvalue weighted by Crippen LogP contribution is 2.39. The van der Waals surface area contributed by atoms with Crippen molar-refractivity contribution in [2.24, 2.45) is 17.6 Å². The van der Waals surface area contributed by atoms with Gasteiger partial charge in [-0.3, -0.25) is 19.3 Å². The largest absolute Gasteiger partial charge is 0.351 e. The summed E-state index contributed by atoms with van der Waals surface area (Å²) in [5.41, 5.74) is 6.88. The second-order valence-corrected chi connectivity index (χ2v) is 7.52. The van der Waals surface area contributed by atoms with E-state index in [1.807, 2.05) is 0 Å². The zero-order valence-electron chi connectivity index (χ0n) is 14.1. The molecule has 2 fully saturated rings. The summed E-state index contributed by atoms with van der Waals surface area (Å²) in [6, 6.07) is 7.04. The number of imide groups is 1. The molecular formula is C19H23N3O3. The number of nitrogens with one attached hydrogen (secondary N) is 1. The van der Waals surface area contributed by atoms with Crippen molar-refractivity contribution < 1.29 is 14.4 Å². The van der Waals surface area contributed by atoms with Crippen molar-refractivity contribution in [1.29, 1.82) is 0 Å². The molecule has 2 saturated carbocycles. The van der Waals surface area contributed by atoms with Crippen LogP contribution in [0.25, 0.3) is 0 Å². The fourth-order valence-corrected chi connectivity index (χ4v) is 4.78. The smallest absolute Gasteiger partial charge is 0.262 e. The summed E-state index contributed by atoms with van der Waals surface area (Å²) >= 11 is 0. The molecule has 3 aliphatic rings. The Kier molecular flexibility index (Phi) is 4.07. The predicted octanol–water partition coefficient (Wildman–Crippen LogP) is 1.30.